The predicted octanol–water partition coefficient (Wildman–Crippen LogP) is 4.29. The topological polar surface area (TPSA) is 83.8 Å². The number of Topliss-reactive ketones (excluding diaryl/α,β-unsaturated/α-hetero) is 1. The second-order valence-electron chi connectivity index (χ2n) is 10.3. The molecule has 0 amide bonds. The molecule has 1 fully saturated rings. The number of cyclic esters (lactones) is 1. The summed E-state index contributed by atoms with van der Waals surface area (Å²) in [5.74, 6) is -2.10. The zero-order valence-electron chi connectivity index (χ0n) is 20.7. The smallest absolute Gasteiger partial charge is 0.311 e. The van der Waals surface area contributed by atoms with Crippen LogP contribution in [0.1, 0.15) is 60.5 Å². The van der Waals surface area contributed by atoms with Gasteiger partial charge in [0.1, 0.15) is 11.9 Å². The fourth-order valence-corrected chi connectivity index (χ4v) is 5.04. The zero-order valence-corrected chi connectivity index (χ0v) is 20.7. The maximum absolute atomic E-state index is 13.1. The van der Waals surface area contributed by atoms with Gasteiger partial charge in [0.15, 0.2) is 0 Å². The van der Waals surface area contributed by atoms with Gasteiger partial charge in [-0.2, -0.15) is 0 Å². The quantitative estimate of drug-likeness (QED) is 0.662. The predicted molar refractivity (Wildman–Crippen MR) is 126 cm³/mol. The molecule has 1 aliphatic rings. The molecular weight excluding hydrogens is 404 g/mol. The fraction of sp³-hybridized carbons (Fsp3) is 0.704. The third-order valence-electron chi connectivity index (χ3n) is 7.99. The third kappa shape index (κ3) is 6.20. The van der Waals surface area contributed by atoms with Crippen LogP contribution >= 0.6 is 0 Å². The molecule has 0 bridgehead atoms. The first kappa shape index (κ1) is 26.5. The maximum Gasteiger partial charge on any atom is 0.311 e. The van der Waals surface area contributed by atoms with Crippen LogP contribution in [0.5, 0.6) is 0 Å². The highest BCUT2D eigenvalue weighted by Crippen LogP contribution is 2.34. The Kier molecular flexibility index (Phi) is 9.47. The highest BCUT2D eigenvalue weighted by atomic mass is 16.5. The van der Waals surface area contributed by atoms with E-state index in [0.29, 0.717) is 12.8 Å². The molecule has 0 saturated carbocycles. The molecule has 0 aliphatic carbocycles. The van der Waals surface area contributed by atoms with Gasteiger partial charge in [0.05, 0.1) is 18.1 Å². The molecule has 32 heavy (non-hydrogen) atoms. The van der Waals surface area contributed by atoms with Gasteiger partial charge in [-0.05, 0) is 36.7 Å². The van der Waals surface area contributed by atoms with E-state index in [-0.39, 0.29) is 29.5 Å². The van der Waals surface area contributed by atoms with E-state index in [1.807, 2.05) is 51.1 Å². The van der Waals surface area contributed by atoms with Crippen LogP contribution in [-0.4, -0.2) is 40.3 Å². The number of aliphatic hydroxyl groups is 2. The lowest BCUT2D eigenvalue weighted by atomic mass is 9.73. The number of hydrogen-bond donors (Lipinski definition) is 2. The summed E-state index contributed by atoms with van der Waals surface area (Å²) in [5.41, 5.74) is 0.988. The van der Waals surface area contributed by atoms with Crippen LogP contribution in [0, 0.1) is 41.4 Å². The molecule has 5 nitrogen and oxygen atoms in total. The van der Waals surface area contributed by atoms with E-state index in [1.165, 1.54) is 0 Å². The Labute approximate surface area is 193 Å². The Bertz CT molecular complexity index is 748. The largest absolute Gasteiger partial charge is 0.461 e. The van der Waals surface area contributed by atoms with Gasteiger partial charge in [0.2, 0.25) is 0 Å². The van der Waals surface area contributed by atoms with Crippen LogP contribution in [-0.2, 0) is 20.7 Å². The number of hydrogen-bond acceptors (Lipinski definition) is 5. The van der Waals surface area contributed by atoms with Crippen molar-refractivity contribution in [2.75, 3.05) is 0 Å². The van der Waals surface area contributed by atoms with Crippen LogP contribution in [0.2, 0.25) is 0 Å². The van der Waals surface area contributed by atoms with Crippen molar-refractivity contribution in [3.05, 3.63) is 35.9 Å². The van der Waals surface area contributed by atoms with Crippen molar-refractivity contribution >= 4 is 11.8 Å². The number of aliphatic hydroxyl groups excluding tert-OH is 2. The van der Waals surface area contributed by atoms with Crippen molar-refractivity contribution in [3.63, 3.8) is 0 Å². The molecule has 1 heterocycles. The highest BCUT2D eigenvalue weighted by Gasteiger charge is 2.39. The summed E-state index contributed by atoms with van der Waals surface area (Å²) in [6.45, 7) is 13.4. The molecule has 0 radical (unpaired) electrons. The lowest BCUT2D eigenvalue weighted by molar-refractivity contribution is -0.165. The van der Waals surface area contributed by atoms with E-state index in [9.17, 15) is 19.8 Å². The van der Waals surface area contributed by atoms with Crippen molar-refractivity contribution in [2.24, 2.45) is 41.4 Å². The summed E-state index contributed by atoms with van der Waals surface area (Å²) in [6, 6.07) is 9.68. The minimum Gasteiger partial charge on any atom is -0.461 e. The van der Waals surface area contributed by atoms with Crippen molar-refractivity contribution in [2.45, 2.75) is 79.6 Å². The molecule has 1 aromatic carbocycles. The van der Waals surface area contributed by atoms with E-state index >= 15 is 0 Å². The number of rotatable bonds is 2. The van der Waals surface area contributed by atoms with E-state index in [0.717, 1.165) is 5.56 Å². The molecule has 1 saturated heterocycles. The molecule has 1 aliphatic heterocycles. The Balaban J connectivity index is 2.40. The molecule has 0 aromatic heterocycles. The average Bonchev–Trinajstić information content (AvgIpc) is 2.79. The van der Waals surface area contributed by atoms with Gasteiger partial charge >= 0.3 is 5.97 Å². The van der Waals surface area contributed by atoms with Gasteiger partial charge in [0, 0.05) is 24.2 Å². The van der Waals surface area contributed by atoms with E-state index in [2.05, 4.69) is 13.8 Å². The van der Waals surface area contributed by atoms with Gasteiger partial charge in [-0.3, -0.25) is 9.59 Å². The number of esters is 1. The summed E-state index contributed by atoms with van der Waals surface area (Å²) >= 11 is 0. The monoisotopic (exact) mass is 446 g/mol. The lowest BCUT2D eigenvalue weighted by Crippen LogP contribution is -2.44. The first-order valence-electron chi connectivity index (χ1n) is 12.1. The van der Waals surface area contributed by atoms with Crippen molar-refractivity contribution in [1.29, 1.82) is 0 Å². The molecule has 2 N–H and O–H groups in total. The van der Waals surface area contributed by atoms with Crippen LogP contribution in [0.3, 0.4) is 0 Å². The molecule has 2 rings (SSSR count). The standard InChI is InChI=1S/C27H42O5/c1-15-13-16(2)24(28)20(6)26(30)19(5)23(14-22-11-9-8-10-12-22)32-27(31)21(7)25(29)18(4)17(15)3/h8-12,15-21,23,25-26,29-30H,13-14H2,1-7H3/t15-,16+,17-,18+,19-,20-,21+,23+,25-,26-/m0/s1. The van der Waals surface area contributed by atoms with Crippen LogP contribution in [0.4, 0.5) is 0 Å². The van der Waals surface area contributed by atoms with Gasteiger partial charge < -0.3 is 14.9 Å². The van der Waals surface area contributed by atoms with Crippen LogP contribution < -0.4 is 0 Å². The maximum atomic E-state index is 13.1. The highest BCUT2D eigenvalue weighted by molar-refractivity contribution is 5.83. The van der Waals surface area contributed by atoms with Crippen LogP contribution in [0.15, 0.2) is 30.3 Å². The normalized spacial score (nSPS) is 40.4. The first-order chi connectivity index (χ1) is 15.0. The van der Waals surface area contributed by atoms with Crippen molar-refractivity contribution in [1.82, 2.24) is 0 Å². The lowest BCUT2D eigenvalue weighted by Gasteiger charge is -2.36. The van der Waals surface area contributed by atoms with Crippen LogP contribution in [0.25, 0.3) is 0 Å². The van der Waals surface area contributed by atoms with E-state index in [1.54, 1.807) is 13.8 Å². The average molecular weight is 447 g/mol. The summed E-state index contributed by atoms with van der Waals surface area (Å²) in [4.78, 5) is 26.2. The number of carbonyl (C=O) groups excluding carboxylic acids is 2. The van der Waals surface area contributed by atoms with E-state index in [4.69, 9.17) is 4.74 Å². The SMILES string of the molecule is C[C@@H]1[C@@H](C)[C@@H](C)C[C@@H](C)C(=O)[C@H](C)[C@@H](O)[C@@H](C)[C@@H](Cc2ccccc2)OC(=O)[C@H](C)[C@H]1O. The Morgan fingerprint density at radius 1 is 0.812 bits per heavy atom. The van der Waals surface area contributed by atoms with Gasteiger partial charge in [-0.1, -0.05) is 71.9 Å². The molecule has 0 spiro atoms. The van der Waals surface area contributed by atoms with Gasteiger partial charge in [-0.25, -0.2) is 0 Å². The summed E-state index contributed by atoms with van der Waals surface area (Å²) < 4.78 is 5.92. The number of ketones is 1. The first-order valence-corrected chi connectivity index (χ1v) is 12.1. The molecule has 0 unspecified atom stereocenters. The van der Waals surface area contributed by atoms with Gasteiger partial charge in [-0.15, -0.1) is 0 Å². The molecule has 180 valence electrons. The molecule has 5 heteroatoms. The third-order valence-corrected chi connectivity index (χ3v) is 7.99. The number of ether oxygens (including phenoxy) is 1. The number of carbonyl (C=O) groups is 2. The molecule has 1 aromatic rings. The minimum atomic E-state index is -0.929. The van der Waals surface area contributed by atoms with Gasteiger partial charge in [0.25, 0.3) is 0 Å². The van der Waals surface area contributed by atoms with E-state index < -0.39 is 42.0 Å². The Morgan fingerprint density at radius 3 is 1.97 bits per heavy atom. The van der Waals surface area contributed by atoms with Crippen molar-refractivity contribution in [3.8, 4) is 0 Å². The summed E-state index contributed by atoms with van der Waals surface area (Å²) in [6.07, 6.45) is -1.25. The second kappa shape index (κ2) is 11.4. The molecular formula is C27H42O5. The Hall–Kier alpha value is -1.72. The summed E-state index contributed by atoms with van der Waals surface area (Å²) in [7, 11) is 0. The second-order valence-corrected chi connectivity index (χ2v) is 10.3. The Morgan fingerprint density at radius 2 is 1.38 bits per heavy atom. The minimum absolute atomic E-state index is 0.0341. The summed E-state index contributed by atoms with van der Waals surface area (Å²) in [5, 5.41) is 22.0. The fourth-order valence-electron chi connectivity index (χ4n) is 5.04. The molecule has 10 atom stereocenters. The zero-order chi connectivity index (χ0) is 24.2. The van der Waals surface area contributed by atoms with Crippen molar-refractivity contribution < 1.29 is 24.5 Å². The number of benzene rings is 1.